The van der Waals surface area contributed by atoms with Gasteiger partial charge in [-0.25, -0.2) is 9.97 Å². The second kappa shape index (κ2) is 7.90. The van der Waals surface area contributed by atoms with Crippen molar-refractivity contribution >= 4 is 34.7 Å². The first-order valence-corrected chi connectivity index (χ1v) is 9.94. The van der Waals surface area contributed by atoms with Gasteiger partial charge in [-0.2, -0.15) is 18.3 Å². The van der Waals surface area contributed by atoms with Crippen LogP contribution >= 0.6 is 11.6 Å². The summed E-state index contributed by atoms with van der Waals surface area (Å²) in [5.74, 6) is -0.0952. The molecule has 0 radical (unpaired) electrons. The first-order chi connectivity index (χ1) is 14.2. The van der Waals surface area contributed by atoms with E-state index in [1.807, 2.05) is 6.08 Å². The number of hydrogen-bond donors (Lipinski definition) is 1. The monoisotopic (exact) mass is 440 g/mol. The van der Waals surface area contributed by atoms with Crippen LogP contribution in [0.5, 0.6) is 0 Å². The lowest BCUT2D eigenvalue weighted by Gasteiger charge is -2.34. The highest BCUT2D eigenvalue weighted by Gasteiger charge is 2.41. The van der Waals surface area contributed by atoms with Crippen LogP contribution in [0.25, 0.3) is 5.57 Å². The Morgan fingerprint density at radius 1 is 1.33 bits per heavy atom. The van der Waals surface area contributed by atoms with Gasteiger partial charge in [0.25, 0.3) is 0 Å². The van der Waals surface area contributed by atoms with E-state index in [1.54, 1.807) is 29.0 Å². The molecule has 0 aliphatic carbocycles. The summed E-state index contributed by atoms with van der Waals surface area (Å²) in [5, 5.41) is 7.53. The van der Waals surface area contributed by atoms with Crippen molar-refractivity contribution in [2.45, 2.75) is 50.4 Å². The molecule has 4 heterocycles. The van der Waals surface area contributed by atoms with Crippen molar-refractivity contribution in [3.05, 3.63) is 35.4 Å². The van der Waals surface area contributed by atoms with Crippen molar-refractivity contribution in [1.82, 2.24) is 24.6 Å². The molecular weight excluding hydrogens is 421 g/mol. The van der Waals surface area contributed by atoms with Gasteiger partial charge in [0, 0.05) is 25.7 Å². The van der Waals surface area contributed by atoms with E-state index in [1.165, 1.54) is 6.20 Å². The molecule has 30 heavy (non-hydrogen) atoms. The van der Waals surface area contributed by atoms with Gasteiger partial charge in [-0.05, 0) is 24.8 Å². The maximum Gasteiger partial charge on any atom is 0.389 e. The summed E-state index contributed by atoms with van der Waals surface area (Å²) in [6.07, 6.45) is 2.83. The molecule has 2 bridgehead atoms. The summed E-state index contributed by atoms with van der Waals surface area (Å²) in [6, 6.07) is -0.378. The molecule has 2 atom stereocenters. The highest BCUT2D eigenvalue weighted by Crippen LogP contribution is 2.40. The number of aromatic nitrogens is 4. The summed E-state index contributed by atoms with van der Waals surface area (Å²) in [4.78, 5) is 22.7. The average Bonchev–Trinajstić information content (AvgIpc) is 3.20. The highest BCUT2D eigenvalue weighted by molar-refractivity contribution is 6.32. The van der Waals surface area contributed by atoms with Crippen LogP contribution in [0.2, 0.25) is 5.02 Å². The largest absolute Gasteiger partial charge is 0.389 e. The number of rotatable bonds is 5. The third-order valence-electron chi connectivity index (χ3n) is 5.32. The van der Waals surface area contributed by atoms with Crippen molar-refractivity contribution < 1.29 is 18.0 Å². The second-order valence-electron chi connectivity index (χ2n) is 7.53. The number of nitrogens with one attached hydrogen (secondary N) is 1. The van der Waals surface area contributed by atoms with Gasteiger partial charge in [-0.15, -0.1) is 0 Å². The standard InChI is InChI=1S/C19H20ClF3N6O/c1-28-10-12(8-25-28)26-18-24-9-15(20)17(27-18)11-6-13-2-3-14(7-11)29(13)16(30)4-5-19(21,22)23/h6,8-10,13-14H,2-5,7H2,1H3,(H,24,26,27). The molecule has 7 nitrogen and oxygen atoms in total. The lowest BCUT2D eigenvalue weighted by molar-refractivity contribution is -0.150. The van der Waals surface area contributed by atoms with Crippen molar-refractivity contribution in [2.75, 3.05) is 5.32 Å². The highest BCUT2D eigenvalue weighted by atomic mass is 35.5. The maximum atomic E-state index is 12.5. The van der Waals surface area contributed by atoms with Gasteiger partial charge in [-0.3, -0.25) is 9.48 Å². The fourth-order valence-corrected chi connectivity index (χ4v) is 4.25. The number of amides is 1. The van der Waals surface area contributed by atoms with Crippen molar-refractivity contribution in [3.63, 3.8) is 0 Å². The first-order valence-electron chi connectivity index (χ1n) is 9.57. The number of carbonyl (C=O) groups is 1. The number of anilines is 2. The molecule has 1 fully saturated rings. The lowest BCUT2D eigenvalue weighted by Crippen LogP contribution is -2.43. The summed E-state index contributed by atoms with van der Waals surface area (Å²) in [5.41, 5.74) is 2.17. The number of alkyl halides is 3. The Bertz CT molecular complexity index is 989. The van der Waals surface area contributed by atoms with E-state index in [9.17, 15) is 18.0 Å². The number of hydrogen-bond acceptors (Lipinski definition) is 5. The minimum atomic E-state index is -4.34. The Morgan fingerprint density at radius 2 is 2.13 bits per heavy atom. The second-order valence-corrected chi connectivity index (χ2v) is 7.94. The van der Waals surface area contributed by atoms with E-state index in [0.717, 1.165) is 24.1 Å². The molecule has 2 aromatic rings. The summed E-state index contributed by atoms with van der Waals surface area (Å²) in [6.45, 7) is 0. The minimum absolute atomic E-state index is 0.142. The Labute approximate surface area is 175 Å². The van der Waals surface area contributed by atoms with Gasteiger partial charge >= 0.3 is 6.18 Å². The van der Waals surface area contributed by atoms with Gasteiger partial charge in [-0.1, -0.05) is 17.7 Å². The predicted molar refractivity (Wildman–Crippen MR) is 105 cm³/mol. The zero-order chi connectivity index (χ0) is 21.5. The smallest absolute Gasteiger partial charge is 0.333 e. The third-order valence-corrected chi connectivity index (χ3v) is 5.59. The number of nitrogens with zero attached hydrogens (tertiary/aromatic N) is 5. The lowest BCUT2D eigenvalue weighted by atomic mass is 9.97. The van der Waals surface area contributed by atoms with Crippen LogP contribution in [-0.2, 0) is 11.8 Å². The Morgan fingerprint density at radius 3 is 2.80 bits per heavy atom. The summed E-state index contributed by atoms with van der Waals surface area (Å²) >= 11 is 6.34. The predicted octanol–water partition coefficient (Wildman–Crippen LogP) is 4.10. The van der Waals surface area contributed by atoms with Gasteiger partial charge in [0.1, 0.15) is 0 Å². The fourth-order valence-electron chi connectivity index (χ4n) is 4.04. The summed E-state index contributed by atoms with van der Waals surface area (Å²) in [7, 11) is 1.80. The molecule has 2 aliphatic rings. The quantitative estimate of drug-likeness (QED) is 0.757. The molecule has 1 amide bonds. The molecule has 0 saturated carbocycles. The van der Waals surface area contributed by atoms with Gasteiger partial charge in [0.05, 0.1) is 41.3 Å². The Kier molecular flexibility index (Phi) is 5.44. The number of fused-ring (bicyclic) bond motifs is 2. The van der Waals surface area contributed by atoms with E-state index in [-0.39, 0.29) is 12.1 Å². The topological polar surface area (TPSA) is 75.9 Å². The molecule has 11 heteroatoms. The van der Waals surface area contributed by atoms with Crippen LogP contribution < -0.4 is 5.32 Å². The van der Waals surface area contributed by atoms with E-state index in [2.05, 4.69) is 20.4 Å². The molecule has 0 spiro atoms. The fraction of sp³-hybridized carbons (Fsp3) is 0.474. The van der Waals surface area contributed by atoms with Crippen LogP contribution in [0.1, 0.15) is 37.8 Å². The van der Waals surface area contributed by atoms with Crippen LogP contribution in [0.3, 0.4) is 0 Å². The van der Waals surface area contributed by atoms with Gasteiger partial charge in [0.2, 0.25) is 11.9 Å². The zero-order valence-corrected chi connectivity index (χ0v) is 16.9. The first kappa shape index (κ1) is 20.6. The van der Waals surface area contributed by atoms with Crippen molar-refractivity contribution in [3.8, 4) is 0 Å². The van der Waals surface area contributed by atoms with E-state index >= 15 is 0 Å². The molecule has 160 valence electrons. The normalized spacial score (nSPS) is 21.0. The van der Waals surface area contributed by atoms with Crippen molar-refractivity contribution in [2.24, 2.45) is 7.05 Å². The number of carbonyl (C=O) groups excluding carboxylic acids is 1. The van der Waals surface area contributed by atoms with Crippen LogP contribution in [-0.4, -0.2) is 48.8 Å². The van der Waals surface area contributed by atoms with Crippen molar-refractivity contribution in [1.29, 1.82) is 0 Å². The number of aryl methyl sites for hydroxylation is 1. The minimum Gasteiger partial charge on any atom is -0.333 e. The van der Waals surface area contributed by atoms with Gasteiger partial charge < -0.3 is 10.2 Å². The Hall–Kier alpha value is -2.62. The van der Waals surface area contributed by atoms with Crippen LogP contribution in [0.15, 0.2) is 24.7 Å². The molecule has 4 rings (SSSR count). The van der Waals surface area contributed by atoms with E-state index in [4.69, 9.17) is 11.6 Å². The average molecular weight is 441 g/mol. The van der Waals surface area contributed by atoms with E-state index < -0.39 is 24.9 Å². The van der Waals surface area contributed by atoms with Gasteiger partial charge in [0.15, 0.2) is 0 Å². The molecule has 1 N–H and O–H groups in total. The molecule has 2 aromatic heterocycles. The molecule has 2 aliphatic heterocycles. The van der Waals surface area contributed by atoms with Crippen LogP contribution in [0, 0.1) is 0 Å². The Balaban J connectivity index is 1.53. The molecule has 0 aromatic carbocycles. The summed E-state index contributed by atoms with van der Waals surface area (Å²) < 4.78 is 39.1. The molecular formula is C19H20ClF3N6O. The zero-order valence-electron chi connectivity index (χ0n) is 16.2. The van der Waals surface area contributed by atoms with E-state index in [0.29, 0.717) is 23.1 Å². The molecule has 2 unspecified atom stereocenters. The number of halogens is 4. The van der Waals surface area contributed by atoms with Crippen LogP contribution in [0.4, 0.5) is 24.8 Å². The SMILES string of the molecule is Cn1cc(Nc2ncc(Cl)c(C3=CC4CCC(C3)N4C(=O)CCC(F)(F)F)n2)cn1. The maximum absolute atomic E-state index is 12.5. The third kappa shape index (κ3) is 4.43. The molecule has 1 saturated heterocycles.